The lowest BCUT2D eigenvalue weighted by atomic mass is 10.2. The van der Waals surface area contributed by atoms with Crippen molar-refractivity contribution in [3.63, 3.8) is 0 Å². The molecular formula is C11H10Cl2S2. The van der Waals surface area contributed by atoms with E-state index in [-0.39, 0.29) is 5.38 Å². The highest BCUT2D eigenvalue weighted by Crippen LogP contribution is 2.40. The van der Waals surface area contributed by atoms with Crippen molar-refractivity contribution in [2.75, 3.05) is 0 Å². The molecule has 2 aromatic rings. The molecule has 0 saturated carbocycles. The molecule has 0 aliphatic carbocycles. The van der Waals surface area contributed by atoms with Gasteiger partial charge in [-0.25, -0.2) is 0 Å². The van der Waals surface area contributed by atoms with Crippen LogP contribution in [0.1, 0.15) is 25.6 Å². The summed E-state index contributed by atoms with van der Waals surface area (Å²) in [7, 11) is 0. The molecule has 0 bridgehead atoms. The predicted octanol–water partition coefficient (Wildman–Crippen LogP) is 5.41. The number of hydrogen-bond donors (Lipinski definition) is 0. The Morgan fingerprint density at radius 1 is 1.20 bits per heavy atom. The minimum Gasteiger partial charge on any atom is -0.143 e. The molecule has 0 fully saturated rings. The van der Waals surface area contributed by atoms with E-state index in [1.807, 2.05) is 12.1 Å². The zero-order chi connectivity index (χ0) is 11.0. The van der Waals surface area contributed by atoms with Crippen LogP contribution in [0.3, 0.4) is 0 Å². The second-order valence-corrected chi connectivity index (χ2v) is 6.88. The Kier molecular flexibility index (Phi) is 3.41. The maximum absolute atomic E-state index is 6.43. The van der Waals surface area contributed by atoms with Gasteiger partial charge in [-0.2, -0.15) is 0 Å². The summed E-state index contributed by atoms with van der Waals surface area (Å²) in [4.78, 5) is 3.65. The normalized spacial score (nSPS) is 13.1. The fourth-order valence-electron chi connectivity index (χ4n) is 1.50. The van der Waals surface area contributed by atoms with Crippen LogP contribution in [0.4, 0.5) is 0 Å². The van der Waals surface area contributed by atoms with Gasteiger partial charge in [-0.3, -0.25) is 0 Å². The monoisotopic (exact) mass is 276 g/mol. The summed E-state index contributed by atoms with van der Waals surface area (Å²) in [5.41, 5.74) is 1.27. The molecule has 15 heavy (non-hydrogen) atoms. The summed E-state index contributed by atoms with van der Waals surface area (Å²) in [6.07, 6.45) is 0. The first-order chi connectivity index (χ1) is 7.08. The fraction of sp³-hybridized carbons (Fsp3) is 0.273. The van der Waals surface area contributed by atoms with Crippen molar-refractivity contribution < 1.29 is 0 Å². The molecule has 0 aliphatic heterocycles. The predicted molar refractivity (Wildman–Crippen MR) is 70.8 cm³/mol. The van der Waals surface area contributed by atoms with Crippen molar-refractivity contribution in [2.45, 2.75) is 19.2 Å². The Balaban J connectivity index is 2.35. The summed E-state index contributed by atoms with van der Waals surface area (Å²) in [6, 6.07) is 6.07. The molecule has 0 N–H and O–H groups in total. The Morgan fingerprint density at radius 2 is 1.93 bits per heavy atom. The third-order valence-electron chi connectivity index (χ3n) is 2.15. The molecule has 0 aromatic carbocycles. The fourth-order valence-corrected chi connectivity index (χ4v) is 4.17. The molecule has 2 rings (SSSR count). The molecule has 1 unspecified atom stereocenters. The van der Waals surface area contributed by atoms with Crippen LogP contribution in [0.15, 0.2) is 18.2 Å². The van der Waals surface area contributed by atoms with E-state index < -0.39 is 0 Å². The van der Waals surface area contributed by atoms with Gasteiger partial charge in [-0.05, 0) is 37.6 Å². The van der Waals surface area contributed by atoms with Crippen molar-refractivity contribution in [2.24, 2.45) is 0 Å². The zero-order valence-corrected chi connectivity index (χ0v) is 11.5. The van der Waals surface area contributed by atoms with E-state index in [0.717, 1.165) is 9.21 Å². The van der Waals surface area contributed by atoms with Crippen LogP contribution in [0.2, 0.25) is 4.34 Å². The highest BCUT2D eigenvalue weighted by Gasteiger charge is 2.17. The molecule has 80 valence electrons. The van der Waals surface area contributed by atoms with Crippen LogP contribution < -0.4 is 0 Å². The highest BCUT2D eigenvalue weighted by molar-refractivity contribution is 7.17. The molecule has 1 atom stereocenters. The molecule has 0 nitrogen and oxygen atoms in total. The lowest BCUT2D eigenvalue weighted by molar-refractivity contribution is 1.20. The van der Waals surface area contributed by atoms with Gasteiger partial charge in [0, 0.05) is 14.6 Å². The van der Waals surface area contributed by atoms with Gasteiger partial charge in [0.25, 0.3) is 0 Å². The minimum atomic E-state index is -0.0544. The number of hydrogen-bond acceptors (Lipinski definition) is 2. The van der Waals surface area contributed by atoms with Crippen LogP contribution in [-0.4, -0.2) is 0 Å². The summed E-state index contributed by atoms with van der Waals surface area (Å²) in [6.45, 7) is 4.20. The number of rotatable bonds is 2. The van der Waals surface area contributed by atoms with Gasteiger partial charge in [0.15, 0.2) is 0 Å². The van der Waals surface area contributed by atoms with E-state index in [2.05, 4.69) is 19.9 Å². The van der Waals surface area contributed by atoms with Gasteiger partial charge in [0.2, 0.25) is 0 Å². The van der Waals surface area contributed by atoms with Crippen molar-refractivity contribution in [3.05, 3.63) is 42.7 Å². The average Bonchev–Trinajstić information content (AvgIpc) is 2.71. The molecule has 0 spiro atoms. The van der Waals surface area contributed by atoms with Crippen molar-refractivity contribution in [1.82, 2.24) is 0 Å². The average molecular weight is 277 g/mol. The zero-order valence-electron chi connectivity index (χ0n) is 8.38. The summed E-state index contributed by atoms with van der Waals surface area (Å²) in [5, 5.41) is -0.0544. The maximum atomic E-state index is 6.43. The number of aryl methyl sites for hydroxylation is 2. The Hall–Kier alpha value is -0.0200. The third-order valence-corrected chi connectivity index (χ3v) is 5.38. The van der Waals surface area contributed by atoms with Crippen LogP contribution in [-0.2, 0) is 0 Å². The van der Waals surface area contributed by atoms with Gasteiger partial charge < -0.3 is 0 Å². The number of halogens is 2. The van der Waals surface area contributed by atoms with Gasteiger partial charge in [-0.1, -0.05) is 11.6 Å². The van der Waals surface area contributed by atoms with Gasteiger partial charge in [-0.15, -0.1) is 34.3 Å². The highest BCUT2D eigenvalue weighted by atomic mass is 35.5. The third kappa shape index (κ3) is 2.39. The molecule has 4 heteroatoms. The second-order valence-electron chi connectivity index (χ2n) is 3.41. The molecule has 0 saturated heterocycles. The summed E-state index contributed by atoms with van der Waals surface area (Å²) >= 11 is 15.6. The summed E-state index contributed by atoms with van der Waals surface area (Å²) in [5.74, 6) is 0. The standard InChI is InChI=1S/C11H10Cl2S2/c1-6-5-7(2)14-11(6)10(13)8-3-4-9(12)15-8/h3-5,10H,1-2H3. The number of alkyl halides is 1. The van der Waals surface area contributed by atoms with Crippen molar-refractivity contribution >= 4 is 45.9 Å². The molecular weight excluding hydrogens is 267 g/mol. The first kappa shape index (κ1) is 11.5. The molecule has 2 aromatic heterocycles. The topological polar surface area (TPSA) is 0 Å². The van der Waals surface area contributed by atoms with E-state index in [1.54, 1.807) is 22.7 Å². The van der Waals surface area contributed by atoms with Gasteiger partial charge >= 0.3 is 0 Å². The van der Waals surface area contributed by atoms with Crippen LogP contribution in [0.25, 0.3) is 0 Å². The van der Waals surface area contributed by atoms with Crippen molar-refractivity contribution in [1.29, 1.82) is 0 Å². The lowest BCUT2D eigenvalue weighted by Crippen LogP contribution is -1.87. The smallest absolute Gasteiger partial charge is 0.102 e. The van der Waals surface area contributed by atoms with Crippen LogP contribution in [0.5, 0.6) is 0 Å². The SMILES string of the molecule is Cc1cc(C)c(C(Cl)c2ccc(Cl)s2)s1. The van der Waals surface area contributed by atoms with Crippen LogP contribution in [0, 0.1) is 13.8 Å². The van der Waals surface area contributed by atoms with E-state index in [9.17, 15) is 0 Å². The van der Waals surface area contributed by atoms with Gasteiger partial charge in [0.1, 0.15) is 5.38 Å². The minimum absolute atomic E-state index is 0.0544. The molecule has 0 amide bonds. The Bertz CT molecular complexity index is 471. The Morgan fingerprint density at radius 3 is 2.40 bits per heavy atom. The van der Waals surface area contributed by atoms with E-state index in [1.165, 1.54) is 15.3 Å². The van der Waals surface area contributed by atoms with E-state index in [4.69, 9.17) is 23.2 Å². The first-order valence-corrected chi connectivity index (χ1v) is 6.99. The van der Waals surface area contributed by atoms with Crippen molar-refractivity contribution in [3.8, 4) is 0 Å². The Labute approximate surface area is 107 Å². The number of thiophene rings is 2. The second kappa shape index (κ2) is 4.46. The van der Waals surface area contributed by atoms with E-state index >= 15 is 0 Å². The lowest BCUT2D eigenvalue weighted by Gasteiger charge is -2.05. The molecule has 0 radical (unpaired) electrons. The van der Waals surface area contributed by atoms with Crippen LogP contribution >= 0.6 is 45.9 Å². The van der Waals surface area contributed by atoms with E-state index in [0.29, 0.717) is 0 Å². The quantitative estimate of drug-likeness (QED) is 0.644. The molecule has 0 aliphatic rings. The molecule has 2 heterocycles. The summed E-state index contributed by atoms with van der Waals surface area (Å²) < 4.78 is 0.793. The largest absolute Gasteiger partial charge is 0.143 e. The first-order valence-electron chi connectivity index (χ1n) is 4.54. The maximum Gasteiger partial charge on any atom is 0.102 e. The van der Waals surface area contributed by atoms with Gasteiger partial charge in [0.05, 0.1) is 4.34 Å².